The normalized spacial score (nSPS) is 26.8. The first kappa shape index (κ1) is 22.2. The molecule has 24 heavy (non-hydrogen) atoms. The van der Waals surface area contributed by atoms with E-state index < -0.39 is 10.8 Å². The van der Waals surface area contributed by atoms with Gasteiger partial charge < -0.3 is 10.6 Å². The Morgan fingerprint density at radius 2 is 2.00 bits per heavy atom. The Labute approximate surface area is 167 Å². The van der Waals surface area contributed by atoms with Crippen molar-refractivity contribution in [1.29, 1.82) is 0 Å². The number of hydrogen-bond donors (Lipinski definition) is 2. The molecule has 0 amide bonds. The molecule has 2 aliphatic rings. The summed E-state index contributed by atoms with van der Waals surface area (Å²) in [5, 5.41) is 6.89. The van der Waals surface area contributed by atoms with E-state index in [-0.39, 0.29) is 28.7 Å². The number of rotatable bonds is 6. The maximum Gasteiger partial charge on any atom is 0.191 e. The molecule has 5 nitrogen and oxygen atoms in total. The zero-order valence-electron chi connectivity index (χ0n) is 15.8. The fraction of sp³-hybridized carbons (Fsp3) is 0.941. The molecular weight excluding hydrogens is 435 g/mol. The molecule has 0 aromatic rings. The molecule has 1 saturated heterocycles. The molecular formula is C17H35IN4OS. The first-order valence-corrected chi connectivity index (χ1v) is 10.3. The highest BCUT2D eigenvalue weighted by molar-refractivity contribution is 14.0. The summed E-state index contributed by atoms with van der Waals surface area (Å²) in [5.74, 6) is 1.49. The summed E-state index contributed by atoms with van der Waals surface area (Å²) in [6, 6.07) is 1.96. The van der Waals surface area contributed by atoms with Gasteiger partial charge in [-0.3, -0.25) is 14.1 Å². The van der Waals surface area contributed by atoms with E-state index in [1.165, 1.54) is 19.3 Å². The van der Waals surface area contributed by atoms with Crippen LogP contribution >= 0.6 is 24.0 Å². The summed E-state index contributed by atoms with van der Waals surface area (Å²) in [6.07, 6.45) is 3.91. The van der Waals surface area contributed by atoms with E-state index in [2.05, 4.69) is 34.4 Å². The van der Waals surface area contributed by atoms with Crippen LogP contribution < -0.4 is 10.6 Å². The van der Waals surface area contributed by atoms with Crippen LogP contribution in [0.2, 0.25) is 0 Å². The van der Waals surface area contributed by atoms with Crippen LogP contribution in [0.5, 0.6) is 0 Å². The summed E-state index contributed by atoms with van der Waals surface area (Å²) in [4.78, 5) is 7.26. The van der Waals surface area contributed by atoms with Crippen LogP contribution in [0.1, 0.15) is 53.9 Å². The first-order valence-electron chi connectivity index (χ1n) is 9.00. The number of likely N-dealkylation sites (tertiary alicyclic amines) is 1. The molecule has 7 heteroatoms. The van der Waals surface area contributed by atoms with Crippen LogP contribution in [0.25, 0.3) is 0 Å². The van der Waals surface area contributed by atoms with Crippen LogP contribution in [0.3, 0.4) is 0 Å². The average molecular weight is 470 g/mol. The van der Waals surface area contributed by atoms with Gasteiger partial charge in [0.2, 0.25) is 0 Å². The van der Waals surface area contributed by atoms with Crippen molar-refractivity contribution in [2.24, 2.45) is 4.99 Å². The van der Waals surface area contributed by atoms with Gasteiger partial charge in [0.05, 0.1) is 6.54 Å². The third-order valence-electron chi connectivity index (χ3n) is 4.55. The Hall–Kier alpha value is 0.110. The summed E-state index contributed by atoms with van der Waals surface area (Å²) in [7, 11) is -0.842. The second-order valence-corrected chi connectivity index (χ2v) is 10.1. The van der Waals surface area contributed by atoms with E-state index in [0.29, 0.717) is 24.4 Å². The van der Waals surface area contributed by atoms with Crippen molar-refractivity contribution in [3.8, 4) is 0 Å². The standard InChI is InChI=1S/C17H34N4OS.HI/c1-6-18-16(19-9-10-23(22)17(3,4)5)20-14-11-13(2)21(12-14)15-7-8-15;/h13-15H,6-12H2,1-5H3,(H2,18,19,20);1H. The highest BCUT2D eigenvalue weighted by atomic mass is 127. The molecule has 1 aliphatic heterocycles. The monoisotopic (exact) mass is 470 g/mol. The smallest absolute Gasteiger partial charge is 0.191 e. The van der Waals surface area contributed by atoms with E-state index >= 15 is 0 Å². The molecule has 3 atom stereocenters. The van der Waals surface area contributed by atoms with Crippen molar-refractivity contribution < 1.29 is 4.21 Å². The highest BCUT2D eigenvalue weighted by Gasteiger charge is 2.38. The molecule has 2 N–H and O–H groups in total. The molecule has 1 heterocycles. The average Bonchev–Trinajstić information content (AvgIpc) is 3.22. The van der Waals surface area contributed by atoms with Gasteiger partial charge in [0.15, 0.2) is 5.96 Å². The highest BCUT2D eigenvalue weighted by Crippen LogP contribution is 2.33. The summed E-state index contributed by atoms with van der Waals surface area (Å²) < 4.78 is 12.0. The fourth-order valence-corrected chi connectivity index (χ4v) is 4.01. The molecule has 2 rings (SSSR count). The maximum atomic E-state index is 12.1. The molecule has 3 unspecified atom stereocenters. The molecule has 1 aliphatic carbocycles. The number of halogens is 1. The predicted molar refractivity (Wildman–Crippen MR) is 115 cm³/mol. The van der Waals surface area contributed by atoms with Crippen molar-refractivity contribution in [3.63, 3.8) is 0 Å². The molecule has 2 fully saturated rings. The Morgan fingerprint density at radius 3 is 2.54 bits per heavy atom. The van der Waals surface area contributed by atoms with E-state index in [1.54, 1.807) is 0 Å². The molecule has 1 saturated carbocycles. The summed E-state index contributed by atoms with van der Waals surface area (Å²) in [5.41, 5.74) is 0. The van der Waals surface area contributed by atoms with Crippen LogP contribution in [-0.4, -0.2) is 63.3 Å². The van der Waals surface area contributed by atoms with Crippen LogP contribution in [-0.2, 0) is 10.8 Å². The third-order valence-corrected chi connectivity index (χ3v) is 6.47. The van der Waals surface area contributed by atoms with Crippen molar-refractivity contribution in [2.45, 2.75) is 76.8 Å². The Kier molecular flexibility index (Phi) is 8.96. The lowest BCUT2D eigenvalue weighted by atomic mass is 10.2. The zero-order chi connectivity index (χ0) is 17.0. The van der Waals surface area contributed by atoms with Crippen molar-refractivity contribution in [1.82, 2.24) is 15.5 Å². The first-order chi connectivity index (χ1) is 10.8. The van der Waals surface area contributed by atoms with E-state index in [1.807, 2.05) is 20.8 Å². The molecule has 142 valence electrons. The van der Waals surface area contributed by atoms with Gasteiger partial charge in [-0.05, 0) is 53.9 Å². The van der Waals surface area contributed by atoms with Gasteiger partial charge in [0.1, 0.15) is 0 Å². The van der Waals surface area contributed by atoms with Gasteiger partial charge in [0.25, 0.3) is 0 Å². The number of hydrogen-bond acceptors (Lipinski definition) is 3. The third kappa shape index (κ3) is 6.78. The molecule has 0 aromatic carbocycles. The van der Waals surface area contributed by atoms with Gasteiger partial charge in [-0.15, -0.1) is 24.0 Å². The second kappa shape index (κ2) is 9.71. The van der Waals surface area contributed by atoms with Gasteiger partial charge in [-0.2, -0.15) is 0 Å². The van der Waals surface area contributed by atoms with Gasteiger partial charge in [-0.1, -0.05) is 0 Å². The van der Waals surface area contributed by atoms with E-state index in [0.717, 1.165) is 25.1 Å². The number of aliphatic imine (C=N–C) groups is 1. The van der Waals surface area contributed by atoms with Crippen LogP contribution in [0.15, 0.2) is 4.99 Å². The Bertz CT molecular complexity index is 448. The number of guanidine groups is 1. The molecule has 0 bridgehead atoms. The van der Waals surface area contributed by atoms with Crippen LogP contribution in [0.4, 0.5) is 0 Å². The van der Waals surface area contributed by atoms with E-state index in [9.17, 15) is 4.21 Å². The lowest BCUT2D eigenvalue weighted by Crippen LogP contribution is -2.45. The SMILES string of the molecule is CCNC(=NCCS(=O)C(C)(C)C)NC1CC(C)N(C2CC2)C1.I. The fourth-order valence-electron chi connectivity index (χ4n) is 3.14. The minimum absolute atomic E-state index is 0. The Balaban J connectivity index is 0.00000288. The zero-order valence-corrected chi connectivity index (χ0v) is 18.9. The Morgan fingerprint density at radius 1 is 1.33 bits per heavy atom. The van der Waals surface area contributed by atoms with Gasteiger partial charge in [-0.25, -0.2) is 0 Å². The van der Waals surface area contributed by atoms with Gasteiger partial charge >= 0.3 is 0 Å². The minimum Gasteiger partial charge on any atom is -0.357 e. The second-order valence-electron chi connectivity index (χ2n) is 7.78. The largest absolute Gasteiger partial charge is 0.357 e. The maximum absolute atomic E-state index is 12.1. The predicted octanol–water partition coefficient (Wildman–Crippen LogP) is 2.33. The number of nitrogens with one attached hydrogen (secondary N) is 2. The summed E-state index contributed by atoms with van der Waals surface area (Å²) >= 11 is 0. The van der Waals surface area contributed by atoms with Crippen molar-refractivity contribution in [2.75, 3.05) is 25.4 Å². The lowest BCUT2D eigenvalue weighted by Gasteiger charge is -2.20. The molecule has 0 spiro atoms. The summed E-state index contributed by atoms with van der Waals surface area (Å²) in [6.45, 7) is 13.0. The van der Waals surface area contributed by atoms with Crippen LogP contribution in [0, 0.1) is 0 Å². The molecule has 0 aromatic heterocycles. The van der Waals surface area contributed by atoms with Gasteiger partial charge in [0, 0.05) is 52.5 Å². The van der Waals surface area contributed by atoms with E-state index in [4.69, 9.17) is 0 Å². The van der Waals surface area contributed by atoms with Crippen molar-refractivity contribution >= 4 is 40.7 Å². The van der Waals surface area contributed by atoms with Crippen molar-refractivity contribution in [3.05, 3.63) is 0 Å². The molecule has 0 radical (unpaired) electrons. The lowest BCUT2D eigenvalue weighted by molar-refractivity contribution is 0.256. The quantitative estimate of drug-likeness (QED) is 0.356. The topological polar surface area (TPSA) is 56.7 Å². The minimum atomic E-state index is -0.842. The number of nitrogens with zero attached hydrogens (tertiary/aromatic N) is 2.